The summed E-state index contributed by atoms with van der Waals surface area (Å²) >= 11 is 11.7. The maximum absolute atomic E-state index is 11.8. The first-order valence-corrected chi connectivity index (χ1v) is 6.92. The van der Waals surface area contributed by atoms with E-state index in [1.54, 1.807) is 13.0 Å². The maximum atomic E-state index is 11.8. The number of hydrogen-bond acceptors (Lipinski definition) is 3. The Hall–Kier alpha value is -1.26. The number of carbonyl (C=O) groups is 2. The van der Waals surface area contributed by atoms with E-state index in [2.05, 4.69) is 5.32 Å². The molecular weight excluding hydrogens is 301 g/mol. The van der Waals surface area contributed by atoms with Gasteiger partial charge in [0.25, 0.3) is 5.91 Å². The number of carbonyl (C=O) groups excluding carboxylic acids is 2. The van der Waals surface area contributed by atoms with E-state index >= 15 is 0 Å². The molecule has 0 radical (unpaired) electrons. The number of ether oxygens (including phenoxy) is 1. The van der Waals surface area contributed by atoms with Crippen LogP contribution in [0.3, 0.4) is 0 Å². The van der Waals surface area contributed by atoms with E-state index in [0.29, 0.717) is 12.1 Å². The van der Waals surface area contributed by atoms with Gasteiger partial charge in [0.2, 0.25) is 0 Å². The zero-order valence-corrected chi connectivity index (χ0v) is 12.7. The molecule has 1 atom stereocenters. The topological polar surface area (TPSA) is 55.4 Å². The Morgan fingerprint density at radius 1 is 1.35 bits per heavy atom. The summed E-state index contributed by atoms with van der Waals surface area (Å²) in [6.07, 6.45) is 0.335. The molecule has 2 rings (SSSR count). The van der Waals surface area contributed by atoms with E-state index in [0.717, 1.165) is 5.56 Å². The summed E-state index contributed by atoms with van der Waals surface area (Å²) in [5, 5.41) is 2.68. The van der Waals surface area contributed by atoms with Crippen LogP contribution in [0.2, 0.25) is 0 Å². The van der Waals surface area contributed by atoms with Crippen molar-refractivity contribution in [3.05, 3.63) is 29.8 Å². The van der Waals surface area contributed by atoms with Crippen LogP contribution in [0.15, 0.2) is 24.3 Å². The highest BCUT2D eigenvalue weighted by Gasteiger charge is 2.69. The molecule has 1 saturated carbocycles. The molecule has 0 aromatic heterocycles. The second-order valence-corrected chi connectivity index (χ2v) is 6.64. The van der Waals surface area contributed by atoms with Crippen molar-refractivity contribution in [1.82, 2.24) is 0 Å². The lowest BCUT2D eigenvalue weighted by molar-refractivity contribution is -0.152. The van der Waals surface area contributed by atoms with E-state index in [1.807, 2.05) is 25.1 Å². The number of alkyl halides is 2. The van der Waals surface area contributed by atoms with Gasteiger partial charge in [0.1, 0.15) is 9.75 Å². The fourth-order valence-electron chi connectivity index (χ4n) is 1.81. The number of benzene rings is 1. The summed E-state index contributed by atoms with van der Waals surface area (Å²) in [7, 11) is 0. The maximum Gasteiger partial charge on any atom is 0.315 e. The third-order valence-corrected chi connectivity index (χ3v) is 4.56. The molecule has 4 nitrogen and oxygen atoms in total. The third-order valence-electron chi connectivity index (χ3n) is 3.46. The molecule has 1 amide bonds. The van der Waals surface area contributed by atoms with Gasteiger partial charge in [0.15, 0.2) is 6.61 Å². The summed E-state index contributed by atoms with van der Waals surface area (Å²) in [5.74, 6) is -0.950. The van der Waals surface area contributed by atoms with Gasteiger partial charge >= 0.3 is 5.97 Å². The van der Waals surface area contributed by atoms with Crippen LogP contribution in [0.4, 0.5) is 5.69 Å². The highest BCUT2D eigenvalue weighted by molar-refractivity contribution is 6.53. The van der Waals surface area contributed by atoms with E-state index in [4.69, 9.17) is 27.9 Å². The van der Waals surface area contributed by atoms with Crippen LogP contribution in [0.5, 0.6) is 0 Å². The van der Waals surface area contributed by atoms with Crippen molar-refractivity contribution in [3.63, 3.8) is 0 Å². The van der Waals surface area contributed by atoms with Gasteiger partial charge in [0, 0.05) is 12.1 Å². The standard InChI is InChI=1S/C14H15Cl2NO3/c1-9-5-3-4-6-10(9)17-11(18)7-20-12(19)13(2)8-14(13,15)16/h3-6H,7-8H2,1-2H3,(H,17,18)/t13-/m1/s1. The predicted octanol–water partition coefficient (Wildman–Crippen LogP) is 3.06. The molecule has 1 aliphatic rings. The molecule has 1 aromatic rings. The van der Waals surface area contributed by atoms with E-state index in [-0.39, 0.29) is 6.61 Å². The lowest BCUT2D eigenvalue weighted by atomic mass is 10.1. The summed E-state index contributed by atoms with van der Waals surface area (Å²) < 4.78 is 3.87. The lowest BCUT2D eigenvalue weighted by Gasteiger charge is -2.12. The van der Waals surface area contributed by atoms with Crippen LogP contribution in [0, 0.1) is 12.3 Å². The third kappa shape index (κ3) is 2.91. The molecular formula is C14H15Cl2NO3. The molecule has 0 bridgehead atoms. The first-order valence-electron chi connectivity index (χ1n) is 6.17. The van der Waals surface area contributed by atoms with Gasteiger partial charge in [0.05, 0.1) is 0 Å². The van der Waals surface area contributed by atoms with E-state index < -0.39 is 21.6 Å². The number of anilines is 1. The number of aryl methyl sites for hydroxylation is 1. The molecule has 0 saturated heterocycles. The van der Waals surface area contributed by atoms with Crippen LogP contribution >= 0.6 is 23.2 Å². The van der Waals surface area contributed by atoms with Gasteiger partial charge in [-0.2, -0.15) is 0 Å². The number of rotatable bonds is 4. The van der Waals surface area contributed by atoms with Crippen LogP contribution in [0.25, 0.3) is 0 Å². The zero-order chi connectivity index (χ0) is 15.0. The molecule has 1 aliphatic carbocycles. The summed E-state index contributed by atoms with van der Waals surface area (Å²) in [6, 6.07) is 7.34. The van der Waals surface area contributed by atoms with Gasteiger partial charge in [-0.05, 0) is 25.5 Å². The molecule has 108 valence electrons. The average molecular weight is 316 g/mol. The van der Waals surface area contributed by atoms with Crippen LogP contribution in [-0.2, 0) is 14.3 Å². The number of esters is 1. The van der Waals surface area contributed by atoms with Crippen LogP contribution < -0.4 is 5.32 Å². The van der Waals surface area contributed by atoms with Crippen molar-refractivity contribution < 1.29 is 14.3 Å². The Bertz CT molecular complexity index is 559. The normalized spacial score (nSPS) is 23.0. The molecule has 1 N–H and O–H groups in total. The van der Waals surface area contributed by atoms with Gasteiger partial charge < -0.3 is 10.1 Å². The van der Waals surface area contributed by atoms with E-state index in [9.17, 15) is 9.59 Å². The Balaban J connectivity index is 1.85. The minimum absolute atomic E-state index is 0.335. The summed E-state index contributed by atoms with van der Waals surface area (Å²) in [6.45, 7) is 3.14. The number of nitrogens with one attached hydrogen (secondary N) is 1. The minimum atomic E-state index is -1.09. The second-order valence-electron chi connectivity index (χ2n) is 5.15. The zero-order valence-electron chi connectivity index (χ0n) is 11.2. The number of para-hydroxylation sites is 1. The fraction of sp³-hybridized carbons (Fsp3) is 0.429. The number of halogens is 2. The fourth-order valence-corrected chi connectivity index (χ4v) is 2.50. The van der Waals surface area contributed by atoms with Crippen molar-refractivity contribution in [2.45, 2.75) is 24.6 Å². The quantitative estimate of drug-likeness (QED) is 0.686. The predicted molar refractivity (Wildman–Crippen MR) is 77.9 cm³/mol. The Morgan fingerprint density at radius 3 is 2.50 bits per heavy atom. The molecule has 1 fully saturated rings. The lowest BCUT2D eigenvalue weighted by Crippen LogP contribution is -2.27. The molecule has 6 heteroatoms. The molecule has 1 aromatic carbocycles. The van der Waals surface area contributed by atoms with Gasteiger partial charge in [-0.25, -0.2) is 0 Å². The van der Waals surface area contributed by atoms with E-state index in [1.165, 1.54) is 0 Å². The van der Waals surface area contributed by atoms with Crippen molar-refractivity contribution in [2.75, 3.05) is 11.9 Å². The first-order chi connectivity index (χ1) is 9.26. The Labute approximate surface area is 127 Å². The van der Waals surface area contributed by atoms with Crippen LogP contribution in [-0.4, -0.2) is 22.8 Å². The molecule has 0 spiro atoms. The molecule has 0 heterocycles. The number of hydrogen-bond donors (Lipinski definition) is 1. The van der Waals surface area contributed by atoms with Crippen molar-refractivity contribution >= 4 is 40.8 Å². The second kappa shape index (κ2) is 5.26. The van der Waals surface area contributed by atoms with Gasteiger partial charge in [-0.3, -0.25) is 9.59 Å². The van der Waals surface area contributed by atoms with Gasteiger partial charge in [-0.1, -0.05) is 18.2 Å². The van der Waals surface area contributed by atoms with Crippen molar-refractivity contribution in [2.24, 2.45) is 5.41 Å². The highest BCUT2D eigenvalue weighted by atomic mass is 35.5. The highest BCUT2D eigenvalue weighted by Crippen LogP contribution is 2.64. The van der Waals surface area contributed by atoms with Crippen LogP contribution in [0.1, 0.15) is 18.9 Å². The smallest absolute Gasteiger partial charge is 0.315 e. The molecule has 0 aliphatic heterocycles. The Kier molecular flexibility index (Phi) is 3.98. The van der Waals surface area contributed by atoms with Gasteiger partial charge in [-0.15, -0.1) is 23.2 Å². The Morgan fingerprint density at radius 2 is 1.95 bits per heavy atom. The molecule has 20 heavy (non-hydrogen) atoms. The summed E-state index contributed by atoms with van der Waals surface area (Å²) in [4.78, 5) is 23.5. The van der Waals surface area contributed by atoms with Crippen molar-refractivity contribution in [3.8, 4) is 0 Å². The number of amides is 1. The molecule has 0 unspecified atom stereocenters. The average Bonchev–Trinajstić information content (AvgIpc) is 2.90. The minimum Gasteiger partial charge on any atom is -0.455 e. The van der Waals surface area contributed by atoms with Crippen molar-refractivity contribution in [1.29, 1.82) is 0 Å². The summed E-state index contributed by atoms with van der Waals surface area (Å²) in [5.41, 5.74) is 0.705. The largest absolute Gasteiger partial charge is 0.455 e. The first kappa shape index (κ1) is 15.1. The monoisotopic (exact) mass is 315 g/mol. The SMILES string of the molecule is Cc1ccccc1NC(=O)COC(=O)[C@@]1(C)CC1(Cl)Cl.